The van der Waals surface area contributed by atoms with Crippen LogP contribution in [0.4, 0.5) is 0 Å². The monoisotopic (exact) mass is 301 g/mol. The zero-order valence-electron chi connectivity index (χ0n) is 10.6. The summed E-state index contributed by atoms with van der Waals surface area (Å²) in [7, 11) is -1.84. The minimum absolute atomic E-state index is 0.101. The van der Waals surface area contributed by atoms with Gasteiger partial charge in [0.05, 0.1) is 17.4 Å². The number of H-pyrrole nitrogens is 1. The summed E-state index contributed by atoms with van der Waals surface area (Å²) in [5.74, 6) is 0. The van der Waals surface area contributed by atoms with Crippen molar-refractivity contribution in [1.29, 1.82) is 0 Å². The molecule has 0 unspecified atom stereocenters. The summed E-state index contributed by atoms with van der Waals surface area (Å²) in [5, 5.41) is 9.30. The molecular formula is C10H15N5O2S2. The lowest BCUT2D eigenvalue weighted by Gasteiger charge is -2.06. The second kappa shape index (κ2) is 5.78. The van der Waals surface area contributed by atoms with E-state index in [9.17, 15) is 8.42 Å². The normalized spacial score (nSPS) is 11.9. The van der Waals surface area contributed by atoms with Crippen LogP contribution in [0, 0.1) is 6.92 Å². The van der Waals surface area contributed by atoms with Crippen LogP contribution < -0.4 is 10.0 Å². The van der Waals surface area contributed by atoms with Gasteiger partial charge in [0.15, 0.2) is 5.03 Å². The molecule has 0 aliphatic carbocycles. The van der Waals surface area contributed by atoms with Gasteiger partial charge in [-0.15, -0.1) is 11.3 Å². The summed E-state index contributed by atoms with van der Waals surface area (Å²) in [5.41, 5.74) is 3.14. The number of nitrogens with zero attached hydrogens (tertiary/aromatic N) is 2. The summed E-state index contributed by atoms with van der Waals surface area (Å²) in [6.45, 7) is 2.52. The van der Waals surface area contributed by atoms with E-state index in [-0.39, 0.29) is 11.6 Å². The SMILES string of the molecule is CNCc1cn[nH]c1S(=O)(=O)NCc1scnc1C. The molecule has 0 fully saturated rings. The van der Waals surface area contributed by atoms with Crippen molar-refractivity contribution in [1.82, 2.24) is 25.2 Å². The predicted molar refractivity (Wildman–Crippen MR) is 72.2 cm³/mol. The number of aromatic amines is 1. The Bertz CT molecular complexity index is 646. The topological polar surface area (TPSA) is 99.8 Å². The second-order valence-electron chi connectivity index (χ2n) is 3.94. The Hall–Kier alpha value is -1.29. The lowest BCUT2D eigenvalue weighted by atomic mass is 10.4. The molecule has 0 aliphatic rings. The van der Waals surface area contributed by atoms with Gasteiger partial charge in [-0.05, 0) is 14.0 Å². The summed E-state index contributed by atoms with van der Waals surface area (Å²) in [4.78, 5) is 4.98. The summed E-state index contributed by atoms with van der Waals surface area (Å²) < 4.78 is 26.9. The molecule has 0 amide bonds. The van der Waals surface area contributed by atoms with Crippen molar-refractivity contribution in [3.8, 4) is 0 Å². The zero-order valence-corrected chi connectivity index (χ0v) is 12.2. The molecule has 0 aromatic carbocycles. The van der Waals surface area contributed by atoms with Crippen LogP contribution in [-0.2, 0) is 23.1 Å². The third kappa shape index (κ3) is 3.18. The lowest BCUT2D eigenvalue weighted by molar-refractivity contribution is 0.575. The summed E-state index contributed by atoms with van der Waals surface area (Å²) >= 11 is 1.43. The highest BCUT2D eigenvalue weighted by Gasteiger charge is 2.20. The molecule has 19 heavy (non-hydrogen) atoms. The van der Waals surface area contributed by atoms with Crippen LogP contribution >= 0.6 is 11.3 Å². The Labute approximate surface area is 115 Å². The van der Waals surface area contributed by atoms with Gasteiger partial charge < -0.3 is 5.32 Å². The molecule has 9 heteroatoms. The van der Waals surface area contributed by atoms with Gasteiger partial charge in [-0.2, -0.15) is 5.10 Å². The third-order valence-corrected chi connectivity index (χ3v) is 4.93. The van der Waals surface area contributed by atoms with Gasteiger partial charge >= 0.3 is 0 Å². The van der Waals surface area contributed by atoms with E-state index < -0.39 is 10.0 Å². The van der Waals surface area contributed by atoms with Crippen LogP contribution in [0.25, 0.3) is 0 Å². The van der Waals surface area contributed by atoms with Crippen molar-refractivity contribution in [3.63, 3.8) is 0 Å². The van der Waals surface area contributed by atoms with Crippen LogP contribution in [0.15, 0.2) is 16.7 Å². The Morgan fingerprint density at radius 3 is 2.84 bits per heavy atom. The highest BCUT2D eigenvalue weighted by Crippen LogP contribution is 2.15. The number of rotatable bonds is 6. The fraction of sp³-hybridized carbons (Fsp3) is 0.400. The van der Waals surface area contributed by atoms with Gasteiger partial charge in [-0.1, -0.05) is 0 Å². The Balaban J connectivity index is 2.14. The Morgan fingerprint density at radius 2 is 2.21 bits per heavy atom. The van der Waals surface area contributed by atoms with Crippen molar-refractivity contribution < 1.29 is 8.42 Å². The zero-order chi connectivity index (χ0) is 13.9. The molecule has 0 spiro atoms. The molecule has 2 heterocycles. The van der Waals surface area contributed by atoms with Crippen molar-refractivity contribution in [2.75, 3.05) is 7.05 Å². The maximum Gasteiger partial charge on any atom is 0.258 e. The van der Waals surface area contributed by atoms with Crippen molar-refractivity contribution in [3.05, 3.63) is 27.8 Å². The molecule has 0 saturated carbocycles. The average Bonchev–Trinajstić information content (AvgIpc) is 2.97. The average molecular weight is 301 g/mol. The number of nitrogens with one attached hydrogen (secondary N) is 3. The summed E-state index contributed by atoms with van der Waals surface area (Å²) in [6, 6.07) is 0. The van der Waals surface area contributed by atoms with E-state index in [2.05, 4.69) is 25.2 Å². The maximum atomic E-state index is 12.2. The Kier molecular flexibility index (Phi) is 4.30. The highest BCUT2D eigenvalue weighted by molar-refractivity contribution is 7.89. The second-order valence-corrected chi connectivity index (χ2v) is 6.58. The number of sulfonamides is 1. The quantitative estimate of drug-likeness (QED) is 0.716. The Morgan fingerprint density at radius 1 is 1.42 bits per heavy atom. The number of hydrogen-bond acceptors (Lipinski definition) is 6. The molecule has 2 aromatic rings. The van der Waals surface area contributed by atoms with Gasteiger partial charge in [0.1, 0.15) is 0 Å². The predicted octanol–water partition coefficient (Wildman–Crippen LogP) is 0.373. The minimum atomic E-state index is -3.59. The van der Waals surface area contributed by atoms with Crippen molar-refractivity contribution in [2.24, 2.45) is 0 Å². The van der Waals surface area contributed by atoms with Crippen LogP contribution in [0.3, 0.4) is 0 Å². The third-order valence-electron chi connectivity index (χ3n) is 2.58. The van der Waals surface area contributed by atoms with Gasteiger partial charge in [-0.3, -0.25) is 5.10 Å². The standard InChI is InChI=1S/C10H15N5O2S2/c1-7-9(18-6-12-7)5-14-19(16,17)10-8(3-11-2)4-13-15-10/h4,6,11,14H,3,5H2,1-2H3,(H,13,15). The number of aryl methyl sites for hydroxylation is 1. The summed E-state index contributed by atoms with van der Waals surface area (Å²) in [6.07, 6.45) is 1.50. The molecule has 3 N–H and O–H groups in total. The number of hydrogen-bond donors (Lipinski definition) is 3. The van der Waals surface area contributed by atoms with E-state index >= 15 is 0 Å². The molecule has 0 atom stereocenters. The van der Waals surface area contributed by atoms with Gasteiger partial charge in [0.2, 0.25) is 0 Å². The highest BCUT2D eigenvalue weighted by atomic mass is 32.2. The molecule has 2 aromatic heterocycles. The van der Waals surface area contributed by atoms with E-state index in [1.54, 1.807) is 12.6 Å². The van der Waals surface area contributed by atoms with Gasteiger partial charge in [-0.25, -0.2) is 18.1 Å². The number of aromatic nitrogens is 3. The molecule has 104 valence electrons. The van der Waals surface area contributed by atoms with Crippen LogP contribution in [0.1, 0.15) is 16.1 Å². The fourth-order valence-corrected chi connectivity index (χ4v) is 3.51. The molecule has 7 nitrogen and oxygen atoms in total. The fourth-order valence-electron chi connectivity index (χ4n) is 1.58. The van der Waals surface area contributed by atoms with E-state index in [4.69, 9.17) is 0 Å². The largest absolute Gasteiger partial charge is 0.316 e. The smallest absolute Gasteiger partial charge is 0.258 e. The van der Waals surface area contributed by atoms with Crippen molar-refractivity contribution >= 4 is 21.4 Å². The van der Waals surface area contributed by atoms with Gasteiger partial charge in [0, 0.05) is 23.5 Å². The molecule has 2 rings (SSSR count). The maximum absolute atomic E-state index is 12.2. The molecule has 0 saturated heterocycles. The van der Waals surface area contributed by atoms with Crippen molar-refractivity contribution in [2.45, 2.75) is 25.0 Å². The molecule has 0 radical (unpaired) electrons. The first-order chi connectivity index (χ1) is 9.04. The number of thiazole rings is 1. The lowest BCUT2D eigenvalue weighted by Crippen LogP contribution is -2.25. The first kappa shape index (κ1) is 14.1. The first-order valence-electron chi connectivity index (χ1n) is 5.60. The first-order valence-corrected chi connectivity index (χ1v) is 7.96. The molecular weight excluding hydrogens is 286 g/mol. The minimum Gasteiger partial charge on any atom is -0.316 e. The van der Waals surface area contributed by atoms with Crippen LogP contribution in [0.5, 0.6) is 0 Å². The molecule has 0 aliphatic heterocycles. The van der Waals surface area contributed by atoms with Crippen LogP contribution in [0.2, 0.25) is 0 Å². The van der Waals surface area contributed by atoms with E-state index in [0.29, 0.717) is 12.1 Å². The van der Waals surface area contributed by atoms with E-state index in [0.717, 1.165) is 10.6 Å². The van der Waals surface area contributed by atoms with Crippen LogP contribution in [-0.4, -0.2) is 30.6 Å². The van der Waals surface area contributed by atoms with E-state index in [1.807, 2.05) is 6.92 Å². The van der Waals surface area contributed by atoms with Gasteiger partial charge in [0.25, 0.3) is 10.0 Å². The van der Waals surface area contributed by atoms with E-state index in [1.165, 1.54) is 17.5 Å². The molecule has 0 bridgehead atoms.